The minimum absolute atomic E-state index is 0.0115. The van der Waals surface area contributed by atoms with Crippen LogP contribution < -0.4 is 0 Å². The van der Waals surface area contributed by atoms with Gasteiger partial charge in [-0.3, -0.25) is 9.78 Å². The fourth-order valence-electron chi connectivity index (χ4n) is 3.87. The molecule has 0 aromatic carbocycles. The van der Waals surface area contributed by atoms with E-state index in [0.717, 1.165) is 41.6 Å². The van der Waals surface area contributed by atoms with Crippen LogP contribution in [0, 0.1) is 13.8 Å². The molecule has 0 bridgehead atoms. The number of carbonyl (C=O) groups excluding carboxylic acids is 1. The number of nitrogens with zero attached hydrogens (tertiary/aromatic N) is 4. The Kier molecular flexibility index (Phi) is 3.69. The third kappa shape index (κ3) is 2.65. The van der Waals surface area contributed by atoms with Gasteiger partial charge in [0.25, 0.3) is 5.91 Å². The molecule has 0 spiro atoms. The number of aromatic nitrogens is 3. The van der Waals surface area contributed by atoms with Crippen LogP contribution >= 0.6 is 0 Å². The number of furan rings is 1. The summed E-state index contributed by atoms with van der Waals surface area (Å²) in [6, 6.07) is 1.73. The van der Waals surface area contributed by atoms with Crippen LogP contribution in [-0.4, -0.2) is 32.5 Å². The van der Waals surface area contributed by atoms with Crippen molar-refractivity contribution in [2.24, 2.45) is 0 Å². The van der Waals surface area contributed by atoms with E-state index in [1.165, 1.54) is 0 Å². The lowest BCUT2D eigenvalue weighted by Gasteiger charge is -2.30. The Morgan fingerprint density at radius 1 is 1.29 bits per heavy atom. The second-order valence-corrected chi connectivity index (χ2v) is 8.07. The SMILES string of the molecule is Cc1ncc2c(c1-c1noc(C3(C)CC3)n1)CCN(C(=O)c1ccoc1C)C2. The highest BCUT2D eigenvalue weighted by Gasteiger charge is 2.44. The maximum Gasteiger partial charge on any atom is 0.257 e. The third-order valence-corrected chi connectivity index (χ3v) is 6.00. The zero-order valence-electron chi connectivity index (χ0n) is 16.3. The summed E-state index contributed by atoms with van der Waals surface area (Å²) in [6.45, 7) is 7.08. The summed E-state index contributed by atoms with van der Waals surface area (Å²) in [4.78, 5) is 23.9. The van der Waals surface area contributed by atoms with E-state index >= 15 is 0 Å². The van der Waals surface area contributed by atoms with Crippen molar-refractivity contribution in [2.45, 2.75) is 52.0 Å². The standard InChI is InChI=1S/C21H22N4O3/c1-12-17(18-23-20(28-24-18)21(3)6-7-21)16-4-8-25(11-14(16)10-22-12)19(26)15-5-9-27-13(15)2/h5,9-10H,4,6-8,11H2,1-3H3. The van der Waals surface area contributed by atoms with Crippen molar-refractivity contribution in [1.29, 1.82) is 0 Å². The third-order valence-electron chi connectivity index (χ3n) is 6.00. The lowest BCUT2D eigenvalue weighted by Crippen LogP contribution is -2.36. The van der Waals surface area contributed by atoms with E-state index in [-0.39, 0.29) is 11.3 Å². The fraction of sp³-hybridized carbons (Fsp3) is 0.429. The predicted octanol–water partition coefficient (Wildman–Crippen LogP) is 3.59. The summed E-state index contributed by atoms with van der Waals surface area (Å²) < 4.78 is 10.8. The lowest BCUT2D eigenvalue weighted by molar-refractivity contribution is 0.0733. The van der Waals surface area contributed by atoms with Crippen LogP contribution in [0.25, 0.3) is 11.4 Å². The number of hydrogen-bond donors (Lipinski definition) is 0. The number of fused-ring (bicyclic) bond motifs is 1. The smallest absolute Gasteiger partial charge is 0.257 e. The van der Waals surface area contributed by atoms with Crippen molar-refractivity contribution < 1.29 is 13.7 Å². The predicted molar refractivity (Wildman–Crippen MR) is 101 cm³/mol. The highest BCUT2D eigenvalue weighted by Crippen LogP contribution is 2.47. The number of amides is 1. The molecule has 7 nitrogen and oxygen atoms in total. The van der Waals surface area contributed by atoms with Crippen LogP contribution in [0.5, 0.6) is 0 Å². The van der Waals surface area contributed by atoms with E-state index in [9.17, 15) is 4.79 Å². The minimum atomic E-state index is -0.0115. The van der Waals surface area contributed by atoms with Gasteiger partial charge in [-0.15, -0.1) is 0 Å². The normalized spacial score (nSPS) is 17.5. The second-order valence-electron chi connectivity index (χ2n) is 8.07. The second kappa shape index (κ2) is 6.02. The van der Waals surface area contributed by atoms with Gasteiger partial charge in [-0.2, -0.15) is 4.98 Å². The largest absolute Gasteiger partial charge is 0.469 e. The molecule has 0 N–H and O–H groups in total. The Hall–Kier alpha value is -2.96. The fourth-order valence-corrected chi connectivity index (χ4v) is 3.87. The van der Waals surface area contributed by atoms with Crippen LogP contribution in [0.2, 0.25) is 0 Å². The molecule has 28 heavy (non-hydrogen) atoms. The molecule has 144 valence electrons. The van der Waals surface area contributed by atoms with E-state index in [2.05, 4.69) is 22.0 Å². The van der Waals surface area contributed by atoms with Gasteiger partial charge >= 0.3 is 0 Å². The highest BCUT2D eigenvalue weighted by atomic mass is 16.5. The lowest BCUT2D eigenvalue weighted by atomic mass is 9.94. The molecule has 1 aliphatic carbocycles. The van der Waals surface area contributed by atoms with Crippen molar-refractivity contribution in [1.82, 2.24) is 20.0 Å². The molecule has 0 atom stereocenters. The molecule has 3 aromatic heterocycles. The van der Waals surface area contributed by atoms with Crippen LogP contribution in [-0.2, 0) is 18.4 Å². The molecular formula is C21H22N4O3. The Labute approximate surface area is 162 Å². The maximum atomic E-state index is 12.8. The molecule has 1 amide bonds. The Morgan fingerprint density at radius 2 is 2.11 bits per heavy atom. The monoisotopic (exact) mass is 378 g/mol. The van der Waals surface area contributed by atoms with Crippen LogP contribution in [0.1, 0.15) is 58.6 Å². The molecule has 0 saturated heterocycles. The van der Waals surface area contributed by atoms with Gasteiger partial charge in [-0.25, -0.2) is 0 Å². The quantitative estimate of drug-likeness (QED) is 0.692. The summed E-state index contributed by atoms with van der Waals surface area (Å²) >= 11 is 0. The van der Waals surface area contributed by atoms with E-state index in [4.69, 9.17) is 8.94 Å². The molecule has 2 aliphatic rings. The number of hydrogen-bond acceptors (Lipinski definition) is 6. The zero-order valence-corrected chi connectivity index (χ0v) is 16.3. The molecule has 5 rings (SSSR count). The van der Waals surface area contributed by atoms with Crippen molar-refractivity contribution in [3.63, 3.8) is 0 Å². The van der Waals surface area contributed by atoms with Gasteiger partial charge in [-0.05, 0) is 50.3 Å². The topological polar surface area (TPSA) is 85.3 Å². The zero-order chi connectivity index (χ0) is 19.5. The van der Waals surface area contributed by atoms with Crippen LogP contribution in [0.4, 0.5) is 0 Å². The van der Waals surface area contributed by atoms with E-state index in [0.29, 0.717) is 36.1 Å². The molecule has 4 heterocycles. The van der Waals surface area contributed by atoms with E-state index < -0.39 is 0 Å². The molecule has 1 aliphatic heterocycles. The molecule has 1 saturated carbocycles. The first kappa shape index (κ1) is 17.2. The summed E-state index contributed by atoms with van der Waals surface area (Å²) in [6.07, 6.45) is 6.32. The van der Waals surface area contributed by atoms with Gasteiger partial charge in [-0.1, -0.05) is 12.1 Å². The molecular weight excluding hydrogens is 356 g/mol. The van der Waals surface area contributed by atoms with Gasteiger partial charge in [0, 0.05) is 36.0 Å². The summed E-state index contributed by atoms with van der Waals surface area (Å²) in [5.41, 5.74) is 4.68. The minimum Gasteiger partial charge on any atom is -0.469 e. The van der Waals surface area contributed by atoms with Gasteiger partial charge in [0.15, 0.2) is 0 Å². The first-order valence-electron chi connectivity index (χ1n) is 9.61. The molecule has 7 heteroatoms. The maximum absolute atomic E-state index is 12.8. The molecule has 0 unspecified atom stereocenters. The highest BCUT2D eigenvalue weighted by molar-refractivity contribution is 5.95. The summed E-state index contributed by atoms with van der Waals surface area (Å²) in [5.74, 6) is 1.95. The number of carbonyl (C=O) groups is 1. The Balaban J connectivity index is 1.48. The van der Waals surface area contributed by atoms with Gasteiger partial charge < -0.3 is 13.8 Å². The molecule has 0 radical (unpaired) electrons. The van der Waals surface area contributed by atoms with Crippen LogP contribution in [0.3, 0.4) is 0 Å². The van der Waals surface area contributed by atoms with Gasteiger partial charge in [0.05, 0.1) is 11.8 Å². The van der Waals surface area contributed by atoms with Crippen molar-refractivity contribution in [3.05, 3.63) is 52.6 Å². The summed E-state index contributed by atoms with van der Waals surface area (Å²) in [5, 5.41) is 4.25. The Bertz CT molecular complexity index is 1080. The van der Waals surface area contributed by atoms with Gasteiger partial charge in [0.1, 0.15) is 5.76 Å². The average Bonchev–Trinajstić information content (AvgIpc) is 3.09. The van der Waals surface area contributed by atoms with E-state index in [1.807, 2.05) is 24.9 Å². The van der Waals surface area contributed by atoms with Crippen LogP contribution in [0.15, 0.2) is 27.5 Å². The van der Waals surface area contributed by atoms with Gasteiger partial charge in [0.2, 0.25) is 11.7 Å². The number of pyridine rings is 1. The first-order chi connectivity index (χ1) is 13.5. The number of rotatable bonds is 3. The number of aryl methyl sites for hydroxylation is 2. The molecule has 1 fully saturated rings. The summed E-state index contributed by atoms with van der Waals surface area (Å²) in [7, 11) is 0. The van der Waals surface area contributed by atoms with Crippen molar-refractivity contribution in [3.8, 4) is 11.4 Å². The van der Waals surface area contributed by atoms with E-state index in [1.54, 1.807) is 12.3 Å². The molecule has 3 aromatic rings. The first-order valence-corrected chi connectivity index (χ1v) is 9.61. The van der Waals surface area contributed by atoms with Crippen molar-refractivity contribution >= 4 is 5.91 Å². The van der Waals surface area contributed by atoms with Crippen molar-refractivity contribution in [2.75, 3.05) is 6.54 Å². The Morgan fingerprint density at radius 3 is 2.82 bits per heavy atom. The average molecular weight is 378 g/mol.